The summed E-state index contributed by atoms with van der Waals surface area (Å²) in [4.78, 5) is 36.3. The van der Waals surface area contributed by atoms with Crippen LogP contribution in [0.15, 0.2) is 42.5 Å². The van der Waals surface area contributed by atoms with E-state index in [-0.39, 0.29) is 6.42 Å². The fraction of sp³-hybridized carbons (Fsp3) is 0.333. The van der Waals surface area contributed by atoms with E-state index >= 15 is 0 Å². The Morgan fingerprint density at radius 1 is 1.10 bits per heavy atom. The highest BCUT2D eigenvalue weighted by Crippen LogP contribution is 2.26. The summed E-state index contributed by atoms with van der Waals surface area (Å²) in [7, 11) is 0. The van der Waals surface area contributed by atoms with Crippen LogP contribution in [-0.4, -0.2) is 34.5 Å². The van der Waals surface area contributed by atoms with Crippen molar-refractivity contribution in [2.45, 2.75) is 46.8 Å². The van der Waals surface area contributed by atoms with Gasteiger partial charge in [-0.05, 0) is 56.0 Å². The Kier molecular flexibility index (Phi) is 8.07. The van der Waals surface area contributed by atoms with Gasteiger partial charge in [0.25, 0.3) is 5.91 Å². The Labute approximate surface area is 181 Å². The summed E-state index contributed by atoms with van der Waals surface area (Å²) in [6.07, 6.45) is 0.128. The molecule has 0 aliphatic heterocycles. The number of amides is 1. The molecular formula is C24H28N2O5. The molecule has 0 radical (unpaired) electrons. The average molecular weight is 424 g/mol. The van der Waals surface area contributed by atoms with Crippen LogP contribution in [0.25, 0.3) is 0 Å². The molecular weight excluding hydrogens is 396 g/mol. The van der Waals surface area contributed by atoms with Crippen LogP contribution < -0.4 is 10.1 Å². The van der Waals surface area contributed by atoms with E-state index in [1.54, 1.807) is 19.1 Å². The number of ether oxygens (including phenoxy) is 1. The zero-order valence-electron chi connectivity index (χ0n) is 18.2. The second kappa shape index (κ2) is 10.5. The van der Waals surface area contributed by atoms with Gasteiger partial charge in [-0.2, -0.15) is 0 Å². The van der Waals surface area contributed by atoms with Crippen LogP contribution >= 0.6 is 0 Å². The standard InChI is InChI=1S/C24H28N2O5/c1-5-19(24(29)30)20(25)21(27)16(4)26-23(28)18-11-14(2)22(15(3)12-18)31-13-17-9-7-6-8-10-17/h6-12,16,19,25H,5,13H2,1-4H3,(H,26,28)(H,29,30). The van der Waals surface area contributed by atoms with Gasteiger partial charge >= 0.3 is 5.97 Å². The fourth-order valence-electron chi connectivity index (χ4n) is 3.29. The van der Waals surface area contributed by atoms with Crippen LogP contribution in [0.3, 0.4) is 0 Å². The molecule has 2 aromatic rings. The SMILES string of the molecule is CCC(C(=N)C(=O)C(C)NC(=O)c1cc(C)c(OCc2ccccc2)c(C)c1)C(=O)O. The third kappa shape index (κ3) is 6.01. The van der Waals surface area contributed by atoms with Gasteiger partial charge in [0.15, 0.2) is 5.78 Å². The number of carbonyl (C=O) groups excluding carboxylic acids is 2. The molecule has 2 rings (SSSR count). The Morgan fingerprint density at radius 2 is 1.68 bits per heavy atom. The van der Waals surface area contributed by atoms with Crippen LogP contribution in [0.1, 0.15) is 47.3 Å². The number of ketones is 1. The highest BCUT2D eigenvalue weighted by atomic mass is 16.5. The summed E-state index contributed by atoms with van der Waals surface area (Å²) in [5, 5.41) is 19.6. The van der Waals surface area contributed by atoms with Gasteiger partial charge in [0.1, 0.15) is 18.3 Å². The van der Waals surface area contributed by atoms with Gasteiger partial charge in [-0.25, -0.2) is 0 Å². The minimum Gasteiger partial charge on any atom is -0.488 e. The van der Waals surface area contributed by atoms with Crippen LogP contribution in [0, 0.1) is 25.2 Å². The van der Waals surface area contributed by atoms with Crippen molar-refractivity contribution in [3.8, 4) is 5.75 Å². The minimum atomic E-state index is -1.23. The highest BCUT2D eigenvalue weighted by Gasteiger charge is 2.30. The number of carboxylic acids is 1. The Morgan fingerprint density at radius 3 is 2.19 bits per heavy atom. The molecule has 0 heterocycles. The van der Waals surface area contributed by atoms with Gasteiger partial charge in [0.2, 0.25) is 0 Å². The van der Waals surface area contributed by atoms with Gasteiger partial charge in [0.05, 0.1) is 11.8 Å². The number of aliphatic carboxylic acids is 1. The number of rotatable bonds is 10. The molecule has 164 valence electrons. The number of carboxylic acid groups (broad SMARTS) is 1. The first-order valence-corrected chi connectivity index (χ1v) is 10.1. The molecule has 0 saturated carbocycles. The summed E-state index contributed by atoms with van der Waals surface area (Å²) >= 11 is 0. The lowest BCUT2D eigenvalue weighted by Gasteiger charge is -2.18. The summed E-state index contributed by atoms with van der Waals surface area (Å²) in [6, 6.07) is 12.1. The third-order valence-corrected chi connectivity index (χ3v) is 5.01. The number of hydrogen-bond acceptors (Lipinski definition) is 5. The van der Waals surface area contributed by atoms with E-state index in [0.29, 0.717) is 17.9 Å². The van der Waals surface area contributed by atoms with Crippen LogP contribution in [0.5, 0.6) is 5.75 Å². The Bertz CT molecular complexity index is 962. The maximum atomic E-state index is 12.7. The predicted molar refractivity (Wildman–Crippen MR) is 118 cm³/mol. The van der Waals surface area contributed by atoms with E-state index in [1.165, 1.54) is 6.92 Å². The number of nitrogens with one attached hydrogen (secondary N) is 2. The summed E-state index contributed by atoms with van der Waals surface area (Å²) in [5.41, 5.74) is 2.44. The summed E-state index contributed by atoms with van der Waals surface area (Å²) < 4.78 is 5.93. The normalized spacial score (nSPS) is 12.5. The monoisotopic (exact) mass is 424 g/mol. The summed E-state index contributed by atoms with van der Waals surface area (Å²) in [5.74, 6) is -2.90. The second-order valence-corrected chi connectivity index (χ2v) is 7.49. The smallest absolute Gasteiger partial charge is 0.312 e. The molecule has 2 aromatic carbocycles. The summed E-state index contributed by atoms with van der Waals surface area (Å²) in [6.45, 7) is 7.13. The van der Waals surface area contributed by atoms with E-state index < -0.39 is 35.3 Å². The second-order valence-electron chi connectivity index (χ2n) is 7.49. The predicted octanol–water partition coefficient (Wildman–Crippen LogP) is 3.70. The first-order valence-electron chi connectivity index (χ1n) is 10.1. The maximum absolute atomic E-state index is 12.7. The molecule has 0 spiro atoms. The Balaban J connectivity index is 2.08. The number of aryl methyl sites for hydroxylation is 2. The fourth-order valence-corrected chi connectivity index (χ4v) is 3.29. The lowest BCUT2D eigenvalue weighted by molar-refractivity contribution is -0.140. The lowest BCUT2D eigenvalue weighted by atomic mass is 9.94. The number of Topliss-reactive ketones (excluding diaryl/α,β-unsaturated/α-hetero) is 1. The number of carbonyl (C=O) groups is 3. The van der Waals surface area contributed by atoms with Crippen LogP contribution in [-0.2, 0) is 16.2 Å². The molecule has 1 amide bonds. The van der Waals surface area contributed by atoms with Crippen molar-refractivity contribution < 1.29 is 24.2 Å². The zero-order valence-corrected chi connectivity index (χ0v) is 18.2. The van der Waals surface area contributed by atoms with E-state index in [2.05, 4.69) is 5.32 Å². The molecule has 0 aromatic heterocycles. The highest BCUT2D eigenvalue weighted by molar-refractivity contribution is 6.44. The molecule has 2 atom stereocenters. The molecule has 3 N–H and O–H groups in total. The van der Waals surface area contributed by atoms with Gasteiger partial charge in [-0.3, -0.25) is 14.4 Å². The quantitative estimate of drug-likeness (QED) is 0.503. The van der Waals surface area contributed by atoms with E-state index in [4.69, 9.17) is 15.3 Å². The molecule has 0 fully saturated rings. The van der Waals surface area contributed by atoms with Crippen LogP contribution in [0.2, 0.25) is 0 Å². The molecule has 0 aliphatic rings. The molecule has 0 bridgehead atoms. The largest absolute Gasteiger partial charge is 0.488 e. The zero-order chi connectivity index (χ0) is 23.1. The van der Waals surface area contributed by atoms with Crippen molar-refractivity contribution in [3.05, 3.63) is 64.7 Å². The van der Waals surface area contributed by atoms with Crippen molar-refractivity contribution >= 4 is 23.4 Å². The van der Waals surface area contributed by atoms with E-state index in [0.717, 1.165) is 16.7 Å². The van der Waals surface area contributed by atoms with Crippen LogP contribution in [0.4, 0.5) is 0 Å². The van der Waals surface area contributed by atoms with Crippen molar-refractivity contribution in [2.24, 2.45) is 5.92 Å². The molecule has 7 heteroatoms. The van der Waals surface area contributed by atoms with Gasteiger partial charge in [-0.15, -0.1) is 0 Å². The Hall–Kier alpha value is -3.48. The van der Waals surface area contributed by atoms with E-state index in [1.807, 2.05) is 44.2 Å². The van der Waals surface area contributed by atoms with Crippen molar-refractivity contribution in [1.29, 1.82) is 5.41 Å². The van der Waals surface area contributed by atoms with Gasteiger partial charge in [-0.1, -0.05) is 37.3 Å². The molecule has 2 unspecified atom stereocenters. The van der Waals surface area contributed by atoms with Crippen molar-refractivity contribution in [2.75, 3.05) is 0 Å². The van der Waals surface area contributed by atoms with Gasteiger partial charge in [0, 0.05) is 5.56 Å². The molecule has 7 nitrogen and oxygen atoms in total. The molecule has 31 heavy (non-hydrogen) atoms. The number of benzene rings is 2. The van der Waals surface area contributed by atoms with Crippen molar-refractivity contribution in [3.63, 3.8) is 0 Å². The average Bonchev–Trinajstić information content (AvgIpc) is 2.73. The topological polar surface area (TPSA) is 117 Å². The van der Waals surface area contributed by atoms with Gasteiger partial charge < -0.3 is 20.6 Å². The van der Waals surface area contributed by atoms with Crippen molar-refractivity contribution in [1.82, 2.24) is 5.32 Å². The lowest BCUT2D eigenvalue weighted by Crippen LogP contribution is -2.44. The number of hydrogen-bond donors (Lipinski definition) is 3. The minimum absolute atomic E-state index is 0.128. The third-order valence-electron chi connectivity index (χ3n) is 5.01. The molecule has 0 saturated heterocycles. The molecule has 0 aliphatic carbocycles. The first kappa shape index (κ1) is 23.8. The van der Waals surface area contributed by atoms with E-state index in [9.17, 15) is 14.4 Å². The first-order chi connectivity index (χ1) is 14.6. The maximum Gasteiger partial charge on any atom is 0.312 e.